The largest absolute Gasteiger partial charge is 0.379 e. The van der Waals surface area contributed by atoms with Crippen molar-refractivity contribution in [3.05, 3.63) is 35.9 Å². The second kappa shape index (κ2) is 20.5. The van der Waals surface area contributed by atoms with Gasteiger partial charge in [0.2, 0.25) is 23.6 Å². The molecule has 2 saturated heterocycles. The van der Waals surface area contributed by atoms with Gasteiger partial charge in [-0.25, -0.2) is 0 Å². The Bertz CT molecular complexity index is 1390. The zero-order chi connectivity index (χ0) is 38.7. The molecule has 1 aromatic rings. The number of ether oxygens (including phenoxy) is 2. The second-order valence-electron chi connectivity index (χ2n) is 14.9. The van der Waals surface area contributed by atoms with E-state index in [2.05, 4.69) is 20.7 Å². The molecule has 5 amide bonds. The maximum atomic E-state index is 14.1. The highest BCUT2D eigenvalue weighted by molar-refractivity contribution is 7.97. The molecule has 296 valence electrons. The van der Waals surface area contributed by atoms with Crippen LogP contribution in [0.15, 0.2) is 30.3 Å². The fourth-order valence-corrected chi connectivity index (χ4v) is 8.88. The van der Waals surface area contributed by atoms with Crippen LogP contribution in [0.5, 0.6) is 0 Å². The molecule has 2 bridgehead atoms. The molecule has 4 rings (SSSR count). The third-order valence-corrected chi connectivity index (χ3v) is 12.2. The number of carbonyl (C=O) groups is 5. The smallest absolute Gasteiger partial charge is 0.252 e. The maximum Gasteiger partial charge on any atom is 0.252 e. The molecular formula is C39H62N6O7S. The third-order valence-electron chi connectivity index (χ3n) is 11.6. The van der Waals surface area contributed by atoms with Gasteiger partial charge >= 0.3 is 0 Å². The van der Waals surface area contributed by atoms with E-state index in [1.54, 1.807) is 38.0 Å². The van der Waals surface area contributed by atoms with Crippen LogP contribution in [-0.4, -0.2) is 122 Å². The van der Waals surface area contributed by atoms with Crippen molar-refractivity contribution in [3.63, 3.8) is 0 Å². The highest BCUT2D eigenvalue weighted by Gasteiger charge is 2.44. The van der Waals surface area contributed by atoms with Crippen LogP contribution in [-0.2, 0) is 39.9 Å². The SMILES string of the molecule is CCSNC(=O)[C@H](Cc1ccccc1)NC(=O)C(C)C(OC)C1CCCN1C(=O)CC(OC)C(C(C)CC)N(C)C(=O)CNC(=O)C1NC2CCC1C2. The van der Waals surface area contributed by atoms with Crippen LogP contribution in [0, 0.1) is 17.8 Å². The molecule has 1 aromatic carbocycles. The molecule has 9 unspecified atom stereocenters. The molecule has 3 aliphatic rings. The third kappa shape index (κ3) is 10.9. The fraction of sp³-hybridized carbons (Fsp3) is 0.718. The fourth-order valence-electron chi connectivity index (χ4n) is 8.45. The van der Waals surface area contributed by atoms with Gasteiger partial charge in [-0.3, -0.25) is 28.7 Å². The lowest BCUT2D eigenvalue weighted by Crippen LogP contribution is -2.55. The van der Waals surface area contributed by atoms with Crippen molar-refractivity contribution >= 4 is 41.5 Å². The van der Waals surface area contributed by atoms with Gasteiger partial charge < -0.3 is 35.2 Å². The van der Waals surface area contributed by atoms with Crippen LogP contribution in [0.25, 0.3) is 0 Å². The number of carbonyl (C=O) groups excluding carboxylic acids is 5. The number of piperidine rings is 1. The quantitative estimate of drug-likeness (QED) is 0.147. The number of benzene rings is 1. The van der Waals surface area contributed by atoms with Crippen molar-refractivity contribution < 1.29 is 33.4 Å². The summed E-state index contributed by atoms with van der Waals surface area (Å²) in [6.07, 6.45) is 4.44. The molecule has 0 radical (unpaired) electrons. The number of amides is 5. The number of hydrogen-bond acceptors (Lipinski definition) is 9. The monoisotopic (exact) mass is 758 g/mol. The van der Waals surface area contributed by atoms with Crippen LogP contribution in [0.3, 0.4) is 0 Å². The maximum absolute atomic E-state index is 14.1. The molecule has 10 atom stereocenters. The van der Waals surface area contributed by atoms with Gasteiger partial charge in [0.25, 0.3) is 5.91 Å². The van der Waals surface area contributed by atoms with E-state index in [-0.39, 0.29) is 60.5 Å². The van der Waals surface area contributed by atoms with E-state index in [1.165, 1.54) is 11.9 Å². The van der Waals surface area contributed by atoms with Crippen molar-refractivity contribution in [2.24, 2.45) is 17.8 Å². The first-order valence-corrected chi connectivity index (χ1v) is 20.3. The average Bonchev–Trinajstić information content (AvgIpc) is 3.94. The van der Waals surface area contributed by atoms with Crippen molar-refractivity contribution in [2.75, 3.05) is 40.1 Å². The first-order chi connectivity index (χ1) is 25.4. The zero-order valence-corrected chi connectivity index (χ0v) is 33.4. The molecule has 4 N–H and O–H groups in total. The predicted molar refractivity (Wildman–Crippen MR) is 206 cm³/mol. The summed E-state index contributed by atoms with van der Waals surface area (Å²) in [5.74, 6) is -0.780. The summed E-state index contributed by atoms with van der Waals surface area (Å²) in [4.78, 5) is 70.8. The summed E-state index contributed by atoms with van der Waals surface area (Å²) in [6, 6.07) is 8.12. The minimum atomic E-state index is -0.785. The Balaban J connectivity index is 1.40. The van der Waals surface area contributed by atoms with E-state index in [0.29, 0.717) is 37.1 Å². The molecule has 1 saturated carbocycles. The van der Waals surface area contributed by atoms with Crippen LogP contribution >= 0.6 is 11.9 Å². The van der Waals surface area contributed by atoms with Gasteiger partial charge in [0, 0.05) is 46.0 Å². The Hall–Kier alpha value is -3.20. The standard InChI is InChI=1S/C39H62N6O7S/c1-8-24(3)35(44(5)33(47)23-40-39(50)34-27-17-18-28(21-27)41-34)31(51-6)22-32(46)45-19-13-16-30(45)36(52-7)25(4)37(48)42-29(38(49)43-53-9-2)20-26-14-11-10-12-15-26/h10-12,14-15,24-25,27-31,34-36,41H,8-9,13,16-23H2,1-7H3,(H,40,50)(H,42,48)(H,43,49)/t24?,25?,27?,28?,29-,30?,31?,34?,35?,36?/m0/s1. The molecular weight excluding hydrogens is 697 g/mol. The topological polar surface area (TPSA) is 158 Å². The number of nitrogens with one attached hydrogen (secondary N) is 4. The number of likely N-dealkylation sites (N-methyl/N-ethyl adjacent to an activating group) is 1. The Morgan fingerprint density at radius 2 is 1.75 bits per heavy atom. The molecule has 2 aliphatic heterocycles. The first-order valence-electron chi connectivity index (χ1n) is 19.3. The van der Waals surface area contributed by atoms with Gasteiger partial charge in [-0.15, -0.1) is 0 Å². The van der Waals surface area contributed by atoms with E-state index in [0.717, 1.165) is 37.7 Å². The van der Waals surface area contributed by atoms with E-state index >= 15 is 0 Å². The highest BCUT2D eigenvalue weighted by atomic mass is 32.2. The van der Waals surface area contributed by atoms with E-state index < -0.39 is 30.2 Å². The zero-order valence-electron chi connectivity index (χ0n) is 32.6. The number of fused-ring (bicyclic) bond motifs is 2. The predicted octanol–water partition coefficient (Wildman–Crippen LogP) is 2.68. The van der Waals surface area contributed by atoms with Crippen LogP contribution < -0.4 is 20.7 Å². The van der Waals surface area contributed by atoms with Crippen LogP contribution in [0.4, 0.5) is 0 Å². The van der Waals surface area contributed by atoms with Gasteiger partial charge in [-0.05, 0) is 49.5 Å². The highest BCUT2D eigenvalue weighted by Crippen LogP contribution is 2.35. The Morgan fingerprint density at radius 3 is 2.36 bits per heavy atom. The number of nitrogens with zero attached hydrogens (tertiary/aromatic N) is 2. The van der Waals surface area contributed by atoms with E-state index in [9.17, 15) is 24.0 Å². The lowest BCUT2D eigenvalue weighted by Gasteiger charge is -2.39. The number of methoxy groups -OCH3 is 2. The molecule has 13 nitrogen and oxygen atoms in total. The van der Waals surface area contributed by atoms with E-state index in [1.807, 2.05) is 51.1 Å². The number of hydrogen-bond donors (Lipinski definition) is 4. The van der Waals surface area contributed by atoms with Crippen molar-refractivity contribution in [1.29, 1.82) is 0 Å². The van der Waals surface area contributed by atoms with Gasteiger partial charge in [0.15, 0.2) is 0 Å². The number of likely N-dealkylation sites (tertiary alicyclic amines) is 1. The summed E-state index contributed by atoms with van der Waals surface area (Å²) in [7, 11) is 4.82. The van der Waals surface area contributed by atoms with Crippen LogP contribution in [0.1, 0.15) is 78.2 Å². The molecule has 1 aliphatic carbocycles. The lowest BCUT2D eigenvalue weighted by molar-refractivity contribution is -0.146. The van der Waals surface area contributed by atoms with Gasteiger partial charge in [0.1, 0.15) is 6.04 Å². The van der Waals surface area contributed by atoms with Crippen molar-refractivity contribution in [1.82, 2.24) is 30.5 Å². The molecule has 14 heteroatoms. The molecule has 53 heavy (non-hydrogen) atoms. The average molecular weight is 759 g/mol. The molecule has 0 aromatic heterocycles. The summed E-state index contributed by atoms with van der Waals surface area (Å²) in [6.45, 7) is 8.16. The molecule has 3 fully saturated rings. The summed E-state index contributed by atoms with van der Waals surface area (Å²) < 4.78 is 14.7. The Kier molecular flexibility index (Phi) is 16.4. The minimum absolute atomic E-state index is 0.00575. The second-order valence-corrected chi connectivity index (χ2v) is 16.0. The Morgan fingerprint density at radius 1 is 1.02 bits per heavy atom. The van der Waals surface area contributed by atoms with Gasteiger partial charge in [-0.1, -0.05) is 76.4 Å². The summed E-state index contributed by atoms with van der Waals surface area (Å²) in [5, 5.41) is 9.19. The normalized spacial score (nSPS) is 24.1. The first kappa shape index (κ1) is 42.5. The summed E-state index contributed by atoms with van der Waals surface area (Å²) in [5.41, 5.74) is 0.923. The lowest BCUT2D eigenvalue weighted by atomic mass is 9.90. The Labute approximate surface area is 319 Å². The van der Waals surface area contributed by atoms with Gasteiger partial charge in [0.05, 0.1) is 49.2 Å². The van der Waals surface area contributed by atoms with Crippen LogP contribution in [0.2, 0.25) is 0 Å². The summed E-state index contributed by atoms with van der Waals surface area (Å²) >= 11 is 1.28. The molecule has 2 heterocycles. The number of rotatable bonds is 20. The van der Waals surface area contributed by atoms with Crippen molar-refractivity contribution in [2.45, 2.75) is 121 Å². The van der Waals surface area contributed by atoms with Crippen molar-refractivity contribution in [3.8, 4) is 0 Å². The molecule has 0 spiro atoms. The minimum Gasteiger partial charge on any atom is -0.379 e. The van der Waals surface area contributed by atoms with E-state index in [4.69, 9.17) is 9.47 Å². The van der Waals surface area contributed by atoms with Gasteiger partial charge in [-0.2, -0.15) is 0 Å².